The molecule has 1 aromatic heterocycles. The maximum atomic E-state index is 12.2. The van der Waals surface area contributed by atoms with Crippen molar-refractivity contribution in [1.29, 1.82) is 0 Å². The van der Waals surface area contributed by atoms with Gasteiger partial charge in [-0.3, -0.25) is 4.79 Å². The predicted octanol–water partition coefficient (Wildman–Crippen LogP) is 3.04. The first-order valence-electron chi connectivity index (χ1n) is 8.26. The Hall–Kier alpha value is -3.28. The van der Waals surface area contributed by atoms with Crippen LogP contribution in [0, 0.1) is 0 Å². The molecule has 1 amide bonds. The lowest BCUT2D eigenvalue weighted by Crippen LogP contribution is -2.35. The summed E-state index contributed by atoms with van der Waals surface area (Å²) in [4.78, 5) is 27.4. The molecule has 0 saturated carbocycles. The number of carbonyl (C=O) groups excluding carboxylic acids is 2. The third kappa shape index (κ3) is 4.03. The van der Waals surface area contributed by atoms with Crippen molar-refractivity contribution >= 4 is 22.8 Å². The molecule has 1 unspecified atom stereocenters. The van der Waals surface area contributed by atoms with Gasteiger partial charge < -0.3 is 19.8 Å². The molecule has 0 aliphatic rings. The van der Waals surface area contributed by atoms with Gasteiger partial charge in [-0.15, -0.1) is 0 Å². The van der Waals surface area contributed by atoms with Gasteiger partial charge in [0.2, 0.25) is 0 Å². The summed E-state index contributed by atoms with van der Waals surface area (Å²) in [6.07, 6.45) is -0.896. The van der Waals surface area contributed by atoms with Crippen LogP contribution in [0.3, 0.4) is 0 Å². The number of nitrogens with one attached hydrogen (secondary N) is 2. The van der Waals surface area contributed by atoms with Crippen molar-refractivity contribution in [2.24, 2.45) is 0 Å². The first-order valence-corrected chi connectivity index (χ1v) is 8.26. The first kappa shape index (κ1) is 17.5. The zero-order valence-corrected chi connectivity index (χ0v) is 14.6. The van der Waals surface area contributed by atoms with Gasteiger partial charge in [0.25, 0.3) is 5.91 Å². The lowest BCUT2D eigenvalue weighted by Gasteiger charge is -2.13. The molecule has 0 aliphatic heterocycles. The number of H-pyrrole nitrogens is 1. The van der Waals surface area contributed by atoms with Crippen molar-refractivity contribution in [3.05, 3.63) is 65.9 Å². The molecule has 0 fully saturated rings. The van der Waals surface area contributed by atoms with Gasteiger partial charge in [-0.25, -0.2) is 4.79 Å². The van der Waals surface area contributed by atoms with Crippen molar-refractivity contribution in [3.8, 4) is 5.75 Å². The Labute approximate surface area is 151 Å². The molecule has 2 aromatic carbocycles. The van der Waals surface area contributed by atoms with E-state index < -0.39 is 12.1 Å². The fourth-order valence-corrected chi connectivity index (χ4v) is 2.54. The van der Waals surface area contributed by atoms with Crippen LogP contribution in [0.4, 0.5) is 0 Å². The topological polar surface area (TPSA) is 80.4 Å². The Morgan fingerprint density at radius 1 is 1.12 bits per heavy atom. The number of rotatable bonds is 6. The third-order valence-corrected chi connectivity index (χ3v) is 4.03. The molecule has 1 atom stereocenters. The molecule has 0 bridgehead atoms. The Morgan fingerprint density at radius 3 is 2.54 bits per heavy atom. The fourth-order valence-electron chi connectivity index (χ4n) is 2.54. The highest BCUT2D eigenvalue weighted by molar-refractivity contribution is 5.96. The molecular formula is C20H20N2O4. The molecule has 0 saturated heterocycles. The number of aromatic nitrogens is 1. The number of carbonyl (C=O) groups is 2. The molecule has 3 aromatic rings. The Bertz CT molecular complexity index is 882. The van der Waals surface area contributed by atoms with Crippen molar-refractivity contribution in [1.82, 2.24) is 10.3 Å². The second-order valence-electron chi connectivity index (χ2n) is 5.88. The number of aromatic amines is 1. The van der Waals surface area contributed by atoms with Crippen molar-refractivity contribution in [3.63, 3.8) is 0 Å². The van der Waals surface area contributed by atoms with Crippen LogP contribution in [0.1, 0.15) is 23.0 Å². The normalized spacial score (nSPS) is 11.8. The summed E-state index contributed by atoms with van der Waals surface area (Å²) >= 11 is 0. The van der Waals surface area contributed by atoms with E-state index in [0.717, 1.165) is 22.2 Å². The number of amides is 1. The van der Waals surface area contributed by atoms with Crippen molar-refractivity contribution < 1.29 is 19.1 Å². The van der Waals surface area contributed by atoms with Crippen LogP contribution >= 0.6 is 0 Å². The standard InChI is InChI=1S/C20H20N2O4/c1-13(19(23)21-12-14-7-9-16(25-2)10-8-14)26-20(24)18-11-15-5-3-4-6-17(15)22-18/h3-11,13,22H,12H2,1-2H3,(H,21,23). The number of ether oxygens (including phenoxy) is 2. The number of fused-ring (bicyclic) bond motifs is 1. The summed E-state index contributed by atoms with van der Waals surface area (Å²) in [5, 5.41) is 3.67. The molecule has 0 aliphatic carbocycles. The second-order valence-corrected chi connectivity index (χ2v) is 5.88. The minimum absolute atomic E-state index is 0.320. The first-order chi connectivity index (χ1) is 12.6. The van der Waals surface area contributed by atoms with Crippen LogP contribution in [-0.2, 0) is 16.1 Å². The fraction of sp³-hybridized carbons (Fsp3) is 0.200. The zero-order chi connectivity index (χ0) is 18.5. The predicted molar refractivity (Wildman–Crippen MR) is 98.0 cm³/mol. The van der Waals surface area contributed by atoms with E-state index in [4.69, 9.17) is 9.47 Å². The van der Waals surface area contributed by atoms with Crippen molar-refractivity contribution in [2.45, 2.75) is 19.6 Å². The van der Waals surface area contributed by atoms with Gasteiger partial charge in [-0.05, 0) is 36.8 Å². The van der Waals surface area contributed by atoms with Gasteiger partial charge in [0.15, 0.2) is 6.10 Å². The van der Waals surface area contributed by atoms with E-state index in [1.165, 1.54) is 0 Å². The lowest BCUT2D eigenvalue weighted by atomic mass is 10.2. The molecule has 26 heavy (non-hydrogen) atoms. The van der Waals surface area contributed by atoms with Crippen molar-refractivity contribution in [2.75, 3.05) is 7.11 Å². The molecular weight excluding hydrogens is 332 g/mol. The van der Waals surface area contributed by atoms with Crippen LogP contribution < -0.4 is 10.1 Å². The molecule has 2 N–H and O–H groups in total. The van der Waals surface area contributed by atoms with Gasteiger partial charge in [-0.1, -0.05) is 30.3 Å². The van der Waals surface area contributed by atoms with Crippen LogP contribution in [-0.4, -0.2) is 30.1 Å². The molecule has 0 spiro atoms. The maximum absolute atomic E-state index is 12.2. The highest BCUT2D eigenvalue weighted by Gasteiger charge is 2.20. The molecule has 6 heteroatoms. The molecule has 1 heterocycles. The smallest absolute Gasteiger partial charge is 0.355 e. The van der Waals surface area contributed by atoms with Crippen LogP contribution in [0.2, 0.25) is 0 Å². The summed E-state index contributed by atoms with van der Waals surface area (Å²) in [6.45, 7) is 1.89. The number of hydrogen-bond donors (Lipinski definition) is 2. The average molecular weight is 352 g/mol. The molecule has 3 rings (SSSR count). The Kier molecular flexibility index (Phi) is 5.22. The SMILES string of the molecule is COc1ccc(CNC(=O)C(C)OC(=O)c2cc3ccccc3[nH]2)cc1. The van der Waals surface area contributed by atoms with E-state index in [1.807, 2.05) is 48.5 Å². The van der Waals surface area contributed by atoms with Gasteiger partial charge in [-0.2, -0.15) is 0 Å². The van der Waals surface area contributed by atoms with E-state index in [1.54, 1.807) is 20.1 Å². The van der Waals surface area contributed by atoms with Gasteiger partial charge in [0.1, 0.15) is 11.4 Å². The van der Waals surface area contributed by atoms with Gasteiger partial charge in [0.05, 0.1) is 7.11 Å². The van der Waals surface area contributed by atoms with E-state index in [-0.39, 0.29) is 5.91 Å². The monoisotopic (exact) mass is 352 g/mol. The average Bonchev–Trinajstić information content (AvgIpc) is 3.10. The quantitative estimate of drug-likeness (QED) is 0.668. The number of esters is 1. The van der Waals surface area contributed by atoms with Crippen LogP contribution in [0.25, 0.3) is 10.9 Å². The number of para-hydroxylation sites is 1. The summed E-state index contributed by atoms with van der Waals surface area (Å²) in [7, 11) is 1.60. The van der Waals surface area contributed by atoms with Crippen LogP contribution in [0.15, 0.2) is 54.6 Å². The molecule has 134 valence electrons. The Morgan fingerprint density at radius 2 is 1.85 bits per heavy atom. The van der Waals surface area contributed by atoms with Gasteiger partial charge >= 0.3 is 5.97 Å². The largest absolute Gasteiger partial charge is 0.497 e. The van der Waals surface area contributed by atoms with Crippen LogP contribution in [0.5, 0.6) is 5.75 Å². The summed E-state index contributed by atoms with van der Waals surface area (Å²) in [6, 6.07) is 16.6. The van der Waals surface area contributed by atoms with E-state index in [0.29, 0.717) is 12.2 Å². The lowest BCUT2D eigenvalue weighted by molar-refractivity contribution is -0.129. The molecule has 0 radical (unpaired) electrons. The minimum atomic E-state index is -0.896. The van der Waals surface area contributed by atoms with E-state index in [2.05, 4.69) is 10.3 Å². The zero-order valence-electron chi connectivity index (χ0n) is 14.6. The highest BCUT2D eigenvalue weighted by Crippen LogP contribution is 2.16. The summed E-state index contributed by atoms with van der Waals surface area (Å²) in [5.41, 5.74) is 2.09. The van der Waals surface area contributed by atoms with E-state index in [9.17, 15) is 9.59 Å². The summed E-state index contributed by atoms with van der Waals surface area (Å²) < 4.78 is 10.3. The third-order valence-electron chi connectivity index (χ3n) is 4.03. The number of hydrogen-bond acceptors (Lipinski definition) is 4. The Balaban J connectivity index is 1.55. The number of methoxy groups -OCH3 is 1. The second kappa shape index (κ2) is 7.74. The maximum Gasteiger partial charge on any atom is 0.355 e. The highest BCUT2D eigenvalue weighted by atomic mass is 16.5. The molecule has 6 nitrogen and oxygen atoms in total. The minimum Gasteiger partial charge on any atom is -0.497 e. The number of benzene rings is 2. The van der Waals surface area contributed by atoms with Gasteiger partial charge in [0, 0.05) is 17.4 Å². The van der Waals surface area contributed by atoms with E-state index >= 15 is 0 Å². The summed E-state index contributed by atoms with van der Waals surface area (Å²) in [5.74, 6) is -0.167.